The highest BCUT2D eigenvalue weighted by Gasteiger charge is 2.28. The molecule has 1 aliphatic heterocycles. The van der Waals surface area contributed by atoms with Crippen molar-refractivity contribution in [3.63, 3.8) is 0 Å². The zero-order valence-corrected chi connectivity index (χ0v) is 27.7. The first-order chi connectivity index (χ1) is 23.2. The van der Waals surface area contributed by atoms with Crippen molar-refractivity contribution in [2.24, 2.45) is 0 Å². The fourth-order valence-corrected chi connectivity index (χ4v) is 7.06. The summed E-state index contributed by atoms with van der Waals surface area (Å²) in [4.78, 5) is 21.7. The normalized spacial score (nSPS) is 15.1. The number of likely N-dealkylation sites (tertiary alicyclic amines) is 1. The van der Waals surface area contributed by atoms with Gasteiger partial charge in [0, 0.05) is 47.6 Å². The third-order valence-corrected chi connectivity index (χ3v) is 9.90. The summed E-state index contributed by atoms with van der Waals surface area (Å²) in [5.41, 5.74) is 11.6. The molecule has 2 aromatic carbocycles. The molecule has 2 aliphatic rings. The predicted molar refractivity (Wildman–Crippen MR) is 183 cm³/mol. The standard InChI is InChI=1S/C37H35F2N5O3S/c1-21(2)43-11-9-26(10-12-43)46-32-18-24-16-25(15-23(24)17-27(32)33-8-5-13-48-33)35(45)28-19-42-44(37(28)40)31-20-41-34(14-22(31)3)47-36-29(38)6-4-7-30(36)39/h4-8,13-14,16-21,26H,9-12,15,40H2,1-3H3. The van der Waals surface area contributed by atoms with Gasteiger partial charge in [0.1, 0.15) is 17.7 Å². The minimum absolute atomic E-state index is 0.00226. The molecule has 48 heavy (non-hydrogen) atoms. The van der Waals surface area contributed by atoms with Crippen LogP contribution in [0.5, 0.6) is 17.4 Å². The largest absolute Gasteiger partial charge is 0.490 e. The van der Waals surface area contributed by atoms with Crippen molar-refractivity contribution < 1.29 is 23.0 Å². The Morgan fingerprint density at radius 1 is 1.06 bits per heavy atom. The first-order valence-electron chi connectivity index (χ1n) is 16.0. The third-order valence-electron chi connectivity index (χ3n) is 8.99. The first kappa shape index (κ1) is 31.7. The van der Waals surface area contributed by atoms with Crippen LogP contribution in [-0.4, -0.2) is 50.7 Å². The second kappa shape index (κ2) is 13.0. The molecule has 1 saturated heterocycles. The molecule has 2 N–H and O–H groups in total. The van der Waals surface area contributed by atoms with Crippen molar-refractivity contribution >= 4 is 29.0 Å². The lowest BCUT2D eigenvalue weighted by molar-refractivity contribution is 0.0847. The summed E-state index contributed by atoms with van der Waals surface area (Å²) < 4.78 is 41.7. The summed E-state index contributed by atoms with van der Waals surface area (Å²) in [5.74, 6) is -1.43. The third kappa shape index (κ3) is 6.11. The van der Waals surface area contributed by atoms with Crippen LogP contribution in [0.25, 0.3) is 22.2 Å². The fraction of sp³-hybridized carbons (Fsp3) is 0.270. The molecule has 0 bridgehead atoms. The molecule has 246 valence electrons. The number of Topliss-reactive ketones (excluding diaryl/α,β-unsaturated/α-hetero) is 1. The van der Waals surface area contributed by atoms with E-state index in [1.165, 1.54) is 29.2 Å². The number of carbonyl (C=O) groups excluding carboxylic acids is 1. The number of para-hydroxylation sites is 1. The van der Waals surface area contributed by atoms with Gasteiger partial charge in [0.25, 0.3) is 0 Å². The highest BCUT2D eigenvalue weighted by atomic mass is 32.1. The molecule has 1 aliphatic carbocycles. The molecule has 0 unspecified atom stereocenters. The maximum Gasteiger partial charge on any atom is 0.219 e. The second-order valence-corrected chi connectivity index (χ2v) is 13.4. The van der Waals surface area contributed by atoms with E-state index in [9.17, 15) is 13.6 Å². The number of allylic oxidation sites excluding steroid dienone is 1. The van der Waals surface area contributed by atoms with Crippen LogP contribution in [0.4, 0.5) is 14.6 Å². The van der Waals surface area contributed by atoms with Gasteiger partial charge >= 0.3 is 0 Å². The van der Waals surface area contributed by atoms with Gasteiger partial charge < -0.3 is 20.1 Å². The fourth-order valence-electron chi connectivity index (χ4n) is 6.31. The summed E-state index contributed by atoms with van der Waals surface area (Å²) in [6, 6.07) is 13.9. The van der Waals surface area contributed by atoms with Crippen LogP contribution in [0, 0.1) is 18.6 Å². The molecule has 0 saturated carbocycles. The number of ether oxygens (including phenoxy) is 2. The number of rotatable bonds is 9. The molecular formula is C37H35F2N5O3S. The number of aromatic nitrogens is 3. The lowest BCUT2D eigenvalue weighted by atomic mass is 10.0. The highest BCUT2D eigenvalue weighted by molar-refractivity contribution is 7.13. The number of nitrogen functional groups attached to an aromatic ring is 1. The summed E-state index contributed by atoms with van der Waals surface area (Å²) in [6.07, 6.45) is 7.34. The Hall–Kier alpha value is -4.87. The van der Waals surface area contributed by atoms with Crippen LogP contribution < -0.4 is 15.2 Å². The van der Waals surface area contributed by atoms with Gasteiger partial charge in [0.2, 0.25) is 11.6 Å². The molecule has 0 atom stereocenters. The van der Waals surface area contributed by atoms with Crippen LogP contribution in [0.1, 0.15) is 53.7 Å². The lowest BCUT2D eigenvalue weighted by Gasteiger charge is -2.35. The number of aryl methyl sites for hydroxylation is 1. The maximum atomic E-state index is 14.1. The van der Waals surface area contributed by atoms with Crippen LogP contribution in [-0.2, 0) is 6.42 Å². The van der Waals surface area contributed by atoms with Gasteiger partial charge in [-0.2, -0.15) is 5.10 Å². The Labute approximate surface area is 281 Å². The molecular weight excluding hydrogens is 633 g/mol. The number of halogens is 2. The summed E-state index contributed by atoms with van der Waals surface area (Å²) in [7, 11) is 0. The van der Waals surface area contributed by atoms with Gasteiger partial charge in [-0.25, -0.2) is 18.4 Å². The number of piperidine rings is 1. The van der Waals surface area contributed by atoms with E-state index in [0.717, 1.165) is 65.4 Å². The average molecular weight is 668 g/mol. The van der Waals surface area contributed by atoms with Crippen LogP contribution in [0.3, 0.4) is 0 Å². The second-order valence-electron chi connectivity index (χ2n) is 12.5. The smallest absolute Gasteiger partial charge is 0.219 e. The number of ketones is 1. The zero-order chi connectivity index (χ0) is 33.5. The van der Waals surface area contributed by atoms with E-state index in [-0.39, 0.29) is 29.1 Å². The minimum atomic E-state index is -0.838. The molecule has 0 spiro atoms. The number of nitrogens with two attached hydrogens (primary N) is 1. The zero-order valence-electron chi connectivity index (χ0n) is 26.9. The van der Waals surface area contributed by atoms with Crippen molar-refractivity contribution in [1.82, 2.24) is 19.7 Å². The van der Waals surface area contributed by atoms with E-state index in [1.807, 2.05) is 12.1 Å². The van der Waals surface area contributed by atoms with E-state index in [1.54, 1.807) is 18.3 Å². The van der Waals surface area contributed by atoms with Crippen LogP contribution in [0.15, 0.2) is 71.9 Å². The molecule has 5 aromatic rings. The first-order valence-corrected chi connectivity index (χ1v) is 16.8. The molecule has 1 fully saturated rings. The molecule has 8 nitrogen and oxygen atoms in total. The number of anilines is 1. The molecule has 11 heteroatoms. The minimum Gasteiger partial charge on any atom is -0.490 e. The summed E-state index contributed by atoms with van der Waals surface area (Å²) >= 11 is 1.67. The number of thiophene rings is 1. The van der Waals surface area contributed by atoms with Gasteiger partial charge in [-0.3, -0.25) is 4.79 Å². The van der Waals surface area contributed by atoms with Crippen LogP contribution >= 0.6 is 11.3 Å². The Morgan fingerprint density at radius 3 is 2.52 bits per heavy atom. The average Bonchev–Trinajstić information content (AvgIpc) is 3.83. The van der Waals surface area contributed by atoms with Crippen molar-refractivity contribution in [2.45, 2.75) is 52.2 Å². The van der Waals surface area contributed by atoms with E-state index in [2.05, 4.69) is 52.4 Å². The van der Waals surface area contributed by atoms with Gasteiger partial charge in [0.15, 0.2) is 17.4 Å². The molecule has 0 amide bonds. The topological polar surface area (TPSA) is 95.5 Å². The highest BCUT2D eigenvalue weighted by Crippen LogP contribution is 2.41. The maximum absolute atomic E-state index is 14.1. The molecule has 0 radical (unpaired) electrons. The van der Waals surface area contributed by atoms with Crippen LogP contribution in [0.2, 0.25) is 0 Å². The number of fused-ring (bicyclic) bond motifs is 1. The monoisotopic (exact) mass is 667 g/mol. The molecule has 7 rings (SSSR count). The van der Waals surface area contributed by atoms with Crippen molar-refractivity contribution in [2.75, 3.05) is 18.8 Å². The van der Waals surface area contributed by atoms with Gasteiger partial charge in [-0.1, -0.05) is 12.1 Å². The van der Waals surface area contributed by atoms with E-state index in [4.69, 9.17) is 15.2 Å². The predicted octanol–water partition coefficient (Wildman–Crippen LogP) is 8.03. The number of benzene rings is 2. The van der Waals surface area contributed by atoms with Gasteiger partial charge in [0.05, 0.1) is 23.6 Å². The Bertz CT molecular complexity index is 2010. The van der Waals surface area contributed by atoms with E-state index in [0.29, 0.717) is 29.3 Å². The van der Waals surface area contributed by atoms with Crippen molar-refractivity contribution in [3.05, 3.63) is 106 Å². The van der Waals surface area contributed by atoms with Gasteiger partial charge in [-0.05, 0) is 92.1 Å². The number of hydrogen-bond donors (Lipinski definition) is 1. The number of nitrogens with zero attached hydrogens (tertiary/aromatic N) is 4. The molecule has 4 heterocycles. The summed E-state index contributed by atoms with van der Waals surface area (Å²) in [6.45, 7) is 8.24. The molecule has 3 aromatic heterocycles. The number of pyridine rings is 1. The Kier molecular flexibility index (Phi) is 8.57. The number of hydrogen-bond acceptors (Lipinski definition) is 8. The summed E-state index contributed by atoms with van der Waals surface area (Å²) in [5, 5.41) is 6.45. The van der Waals surface area contributed by atoms with E-state index >= 15 is 0 Å². The van der Waals surface area contributed by atoms with Crippen molar-refractivity contribution in [1.29, 1.82) is 0 Å². The SMILES string of the molecule is Cc1cc(Oc2c(F)cccc2F)ncc1-n1ncc(C(=O)C2=Cc3cc(OC4CCN(C(C)C)CC4)c(-c4cccs4)cc3C2)c1N. The Morgan fingerprint density at radius 2 is 1.83 bits per heavy atom. The van der Waals surface area contributed by atoms with Crippen molar-refractivity contribution in [3.8, 4) is 33.5 Å². The van der Waals surface area contributed by atoms with E-state index < -0.39 is 17.4 Å². The lowest BCUT2D eigenvalue weighted by Crippen LogP contribution is -2.41. The number of carbonyl (C=O) groups is 1. The van der Waals surface area contributed by atoms with Gasteiger partial charge in [-0.15, -0.1) is 11.3 Å². The quantitative estimate of drug-likeness (QED) is 0.159. The Balaban J connectivity index is 1.12.